The monoisotopic (exact) mass is 277 g/mol. The fraction of sp³-hybridized carbons (Fsp3) is 0.600. The van der Waals surface area contributed by atoms with Crippen molar-refractivity contribution in [3.05, 3.63) is 23.7 Å². The number of rotatable bonds is 2. The standard InChI is InChI=1S/C15H20ClN3/c1-9-4-5-12(11(9)3)19-13(8-16)18-14-10(2)6-7-17-15(14)19/h6-7,9,11-12H,4-5,8H2,1-3H3. The summed E-state index contributed by atoms with van der Waals surface area (Å²) in [5.74, 6) is 2.83. The van der Waals surface area contributed by atoms with Crippen molar-refractivity contribution in [3.63, 3.8) is 0 Å². The number of aromatic nitrogens is 3. The Labute approximate surface area is 119 Å². The lowest BCUT2D eigenvalue weighted by Gasteiger charge is -2.21. The van der Waals surface area contributed by atoms with Gasteiger partial charge in [0.15, 0.2) is 5.65 Å². The number of fused-ring (bicyclic) bond motifs is 1. The Morgan fingerprint density at radius 1 is 1.37 bits per heavy atom. The zero-order valence-corrected chi connectivity index (χ0v) is 12.5. The van der Waals surface area contributed by atoms with Crippen LogP contribution in [0.2, 0.25) is 0 Å². The van der Waals surface area contributed by atoms with Crippen LogP contribution in [-0.4, -0.2) is 14.5 Å². The third-order valence-corrected chi connectivity index (χ3v) is 4.97. The minimum absolute atomic E-state index is 0.452. The van der Waals surface area contributed by atoms with E-state index in [4.69, 9.17) is 16.6 Å². The summed E-state index contributed by atoms with van der Waals surface area (Å²) < 4.78 is 2.30. The van der Waals surface area contributed by atoms with Crippen LogP contribution in [-0.2, 0) is 5.88 Å². The molecule has 1 saturated carbocycles. The maximum absolute atomic E-state index is 6.11. The molecule has 0 N–H and O–H groups in total. The molecule has 4 heteroatoms. The van der Waals surface area contributed by atoms with Gasteiger partial charge in [-0.25, -0.2) is 9.97 Å². The van der Waals surface area contributed by atoms with Gasteiger partial charge in [0.25, 0.3) is 0 Å². The summed E-state index contributed by atoms with van der Waals surface area (Å²) in [4.78, 5) is 9.26. The second-order valence-corrected chi connectivity index (χ2v) is 6.08. The van der Waals surface area contributed by atoms with Gasteiger partial charge in [-0.05, 0) is 43.2 Å². The molecule has 2 heterocycles. The number of halogens is 1. The molecule has 0 bridgehead atoms. The summed E-state index contributed by atoms with van der Waals surface area (Å²) in [6.45, 7) is 6.75. The van der Waals surface area contributed by atoms with E-state index >= 15 is 0 Å². The third-order valence-electron chi connectivity index (χ3n) is 4.73. The number of aryl methyl sites for hydroxylation is 1. The Kier molecular flexibility index (Phi) is 3.25. The SMILES string of the molecule is Cc1ccnc2c1nc(CCl)n2C1CCC(C)C1C. The molecule has 0 aliphatic heterocycles. The molecular formula is C15H20ClN3. The van der Waals surface area contributed by atoms with Crippen LogP contribution in [0.3, 0.4) is 0 Å². The quantitative estimate of drug-likeness (QED) is 0.774. The number of hydrogen-bond acceptors (Lipinski definition) is 2. The van der Waals surface area contributed by atoms with Crippen LogP contribution in [0, 0.1) is 18.8 Å². The topological polar surface area (TPSA) is 30.7 Å². The Morgan fingerprint density at radius 3 is 2.79 bits per heavy atom. The number of alkyl halides is 1. The van der Waals surface area contributed by atoms with E-state index in [1.165, 1.54) is 18.4 Å². The highest BCUT2D eigenvalue weighted by molar-refractivity contribution is 6.16. The van der Waals surface area contributed by atoms with E-state index in [9.17, 15) is 0 Å². The van der Waals surface area contributed by atoms with Crippen molar-refractivity contribution in [1.29, 1.82) is 0 Å². The summed E-state index contributed by atoms with van der Waals surface area (Å²) in [7, 11) is 0. The Bertz CT molecular complexity index is 605. The van der Waals surface area contributed by atoms with E-state index in [1.807, 2.05) is 12.3 Å². The zero-order valence-electron chi connectivity index (χ0n) is 11.7. The van der Waals surface area contributed by atoms with Gasteiger partial charge >= 0.3 is 0 Å². The van der Waals surface area contributed by atoms with Crippen LogP contribution in [0.25, 0.3) is 11.2 Å². The van der Waals surface area contributed by atoms with E-state index in [-0.39, 0.29) is 0 Å². The van der Waals surface area contributed by atoms with E-state index in [1.54, 1.807) is 0 Å². The van der Waals surface area contributed by atoms with Crippen LogP contribution in [0.1, 0.15) is 44.1 Å². The molecule has 3 rings (SSSR count). The van der Waals surface area contributed by atoms with Gasteiger partial charge in [0.1, 0.15) is 11.3 Å². The van der Waals surface area contributed by atoms with Gasteiger partial charge in [0.05, 0.1) is 5.88 Å². The summed E-state index contributed by atoms with van der Waals surface area (Å²) >= 11 is 6.11. The zero-order chi connectivity index (χ0) is 13.6. The largest absolute Gasteiger partial charge is 0.308 e. The van der Waals surface area contributed by atoms with E-state index < -0.39 is 0 Å². The minimum atomic E-state index is 0.452. The molecule has 3 nitrogen and oxygen atoms in total. The van der Waals surface area contributed by atoms with Crippen LogP contribution < -0.4 is 0 Å². The first-order valence-corrected chi connectivity index (χ1v) is 7.55. The van der Waals surface area contributed by atoms with Crippen molar-refractivity contribution in [1.82, 2.24) is 14.5 Å². The first-order chi connectivity index (χ1) is 9.13. The van der Waals surface area contributed by atoms with Crippen molar-refractivity contribution >= 4 is 22.8 Å². The molecule has 3 unspecified atom stereocenters. The van der Waals surface area contributed by atoms with Gasteiger partial charge < -0.3 is 4.57 Å². The smallest absolute Gasteiger partial charge is 0.160 e. The molecule has 1 aliphatic rings. The molecule has 2 aromatic rings. The first kappa shape index (κ1) is 12.9. The number of imidazole rings is 1. The lowest BCUT2D eigenvalue weighted by molar-refractivity contribution is 0.353. The number of hydrogen-bond donors (Lipinski definition) is 0. The second-order valence-electron chi connectivity index (χ2n) is 5.81. The molecule has 3 atom stereocenters. The molecule has 1 aliphatic carbocycles. The van der Waals surface area contributed by atoms with Crippen LogP contribution in [0.4, 0.5) is 0 Å². The highest BCUT2D eigenvalue weighted by Crippen LogP contribution is 2.42. The van der Waals surface area contributed by atoms with Crippen LogP contribution >= 0.6 is 11.6 Å². The Hall–Kier alpha value is -1.09. The summed E-state index contributed by atoms with van der Waals surface area (Å²) in [6, 6.07) is 2.50. The third kappa shape index (κ3) is 1.95. The number of nitrogens with zero attached hydrogens (tertiary/aromatic N) is 3. The van der Waals surface area contributed by atoms with Crippen molar-refractivity contribution in [3.8, 4) is 0 Å². The van der Waals surface area contributed by atoms with E-state index in [0.29, 0.717) is 17.8 Å². The fourth-order valence-electron chi connectivity index (χ4n) is 3.30. The normalized spacial score (nSPS) is 27.3. The predicted octanol–water partition coefficient (Wildman–Crippen LogP) is 4.09. The first-order valence-electron chi connectivity index (χ1n) is 7.02. The number of pyridine rings is 1. The predicted molar refractivity (Wildman–Crippen MR) is 78.4 cm³/mol. The van der Waals surface area contributed by atoms with Gasteiger partial charge in [0.2, 0.25) is 0 Å². The molecule has 0 saturated heterocycles. The highest BCUT2D eigenvalue weighted by Gasteiger charge is 2.33. The van der Waals surface area contributed by atoms with E-state index in [2.05, 4.69) is 30.3 Å². The summed E-state index contributed by atoms with van der Waals surface area (Å²) in [5.41, 5.74) is 3.18. The average molecular weight is 278 g/mol. The van der Waals surface area contributed by atoms with Gasteiger partial charge in [0, 0.05) is 12.2 Å². The highest BCUT2D eigenvalue weighted by atomic mass is 35.5. The molecule has 0 radical (unpaired) electrons. The molecule has 102 valence electrons. The van der Waals surface area contributed by atoms with Crippen molar-refractivity contribution in [2.24, 2.45) is 11.8 Å². The van der Waals surface area contributed by atoms with Crippen LogP contribution in [0.15, 0.2) is 12.3 Å². The van der Waals surface area contributed by atoms with Crippen molar-refractivity contribution in [2.75, 3.05) is 0 Å². The average Bonchev–Trinajstić information content (AvgIpc) is 2.92. The fourth-order valence-corrected chi connectivity index (χ4v) is 3.49. The molecule has 0 aromatic carbocycles. The lowest BCUT2D eigenvalue weighted by Crippen LogP contribution is -2.17. The van der Waals surface area contributed by atoms with Gasteiger partial charge in [-0.1, -0.05) is 13.8 Å². The Balaban J connectivity index is 2.19. The molecule has 0 spiro atoms. The second kappa shape index (κ2) is 4.78. The molecular weight excluding hydrogens is 258 g/mol. The summed E-state index contributed by atoms with van der Waals surface area (Å²) in [6.07, 6.45) is 4.35. The van der Waals surface area contributed by atoms with Crippen LogP contribution in [0.5, 0.6) is 0 Å². The molecule has 1 fully saturated rings. The van der Waals surface area contributed by atoms with Gasteiger partial charge in [-0.2, -0.15) is 0 Å². The molecule has 2 aromatic heterocycles. The van der Waals surface area contributed by atoms with E-state index in [0.717, 1.165) is 22.9 Å². The lowest BCUT2D eigenvalue weighted by atomic mass is 9.97. The maximum Gasteiger partial charge on any atom is 0.160 e. The summed E-state index contributed by atoms with van der Waals surface area (Å²) in [5, 5.41) is 0. The van der Waals surface area contributed by atoms with Crippen molar-refractivity contribution < 1.29 is 0 Å². The Morgan fingerprint density at radius 2 is 2.16 bits per heavy atom. The molecule has 0 amide bonds. The molecule has 19 heavy (non-hydrogen) atoms. The van der Waals surface area contributed by atoms with Gasteiger partial charge in [-0.15, -0.1) is 11.6 Å². The van der Waals surface area contributed by atoms with Crippen molar-refractivity contribution in [2.45, 2.75) is 45.5 Å². The van der Waals surface area contributed by atoms with Gasteiger partial charge in [-0.3, -0.25) is 0 Å². The minimum Gasteiger partial charge on any atom is -0.308 e. The maximum atomic E-state index is 6.11.